The Morgan fingerprint density at radius 3 is 2.67 bits per heavy atom. The van der Waals surface area contributed by atoms with Gasteiger partial charge >= 0.3 is 6.03 Å². The Balaban J connectivity index is 1.98. The monoisotopic (exact) mass is 292 g/mol. The summed E-state index contributed by atoms with van der Waals surface area (Å²) in [5.74, 6) is 0.345. The van der Waals surface area contributed by atoms with E-state index in [0.717, 1.165) is 19.3 Å². The van der Waals surface area contributed by atoms with Gasteiger partial charge in [-0.25, -0.2) is 4.79 Å². The van der Waals surface area contributed by atoms with Crippen molar-refractivity contribution >= 4 is 17.4 Å². The largest absolute Gasteiger partial charge is 0.330 e. The number of rotatable bonds is 4. The van der Waals surface area contributed by atoms with E-state index >= 15 is 0 Å². The number of nitro groups is 1. The Morgan fingerprint density at radius 2 is 2.10 bits per heavy atom. The zero-order valence-electron chi connectivity index (χ0n) is 12.0. The maximum atomic E-state index is 12.2. The average molecular weight is 292 g/mol. The van der Waals surface area contributed by atoms with Crippen LogP contribution in [0.15, 0.2) is 24.3 Å². The molecule has 7 heteroatoms. The zero-order chi connectivity index (χ0) is 15.4. The molecule has 114 valence electrons. The lowest BCUT2D eigenvalue weighted by molar-refractivity contribution is -0.384. The molecule has 0 radical (unpaired) electrons. The molecule has 0 heterocycles. The Morgan fingerprint density at radius 1 is 1.43 bits per heavy atom. The number of anilines is 1. The molecule has 1 aromatic rings. The van der Waals surface area contributed by atoms with Gasteiger partial charge in [-0.05, 0) is 37.4 Å². The van der Waals surface area contributed by atoms with Crippen molar-refractivity contribution in [2.75, 3.05) is 18.9 Å². The van der Waals surface area contributed by atoms with Crippen molar-refractivity contribution in [3.63, 3.8) is 0 Å². The number of amides is 2. The second kappa shape index (κ2) is 6.53. The molecule has 7 nitrogen and oxygen atoms in total. The molecule has 2 rings (SSSR count). The summed E-state index contributed by atoms with van der Waals surface area (Å²) < 4.78 is 0. The molecule has 2 atom stereocenters. The first kappa shape index (κ1) is 15.2. The van der Waals surface area contributed by atoms with E-state index in [1.54, 1.807) is 11.9 Å². The van der Waals surface area contributed by atoms with Gasteiger partial charge < -0.3 is 16.0 Å². The molecule has 1 saturated carbocycles. The number of nitrogens with one attached hydrogen (secondary N) is 1. The molecule has 21 heavy (non-hydrogen) atoms. The standard InChI is InChI=1S/C14H20N4O3/c1-17(13-4-2-3-10(13)9-15)14(19)16-11-5-7-12(8-6-11)18(20)21/h5-8,10,13H,2-4,9,15H2,1H3,(H,16,19). The minimum absolute atomic E-state index is 0.000317. The van der Waals surface area contributed by atoms with Gasteiger partial charge in [-0.15, -0.1) is 0 Å². The fourth-order valence-electron chi connectivity index (χ4n) is 2.83. The molecule has 1 fully saturated rings. The second-order valence-corrected chi connectivity index (χ2v) is 5.34. The predicted octanol–water partition coefficient (Wildman–Crippen LogP) is 2.19. The molecule has 0 aromatic heterocycles. The Kier molecular flexibility index (Phi) is 4.74. The summed E-state index contributed by atoms with van der Waals surface area (Å²) in [6.45, 7) is 0.583. The summed E-state index contributed by atoms with van der Waals surface area (Å²) >= 11 is 0. The number of nitrogens with zero attached hydrogens (tertiary/aromatic N) is 2. The van der Waals surface area contributed by atoms with Gasteiger partial charge in [0.1, 0.15) is 0 Å². The molecule has 1 aromatic carbocycles. The number of urea groups is 1. The van der Waals surface area contributed by atoms with E-state index in [1.165, 1.54) is 24.3 Å². The van der Waals surface area contributed by atoms with Crippen molar-refractivity contribution in [2.24, 2.45) is 11.7 Å². The van der Waals surface area contributed by atoms with Crippen molar-refractivity contribution in [3.05, 3.63) is 34.4 Å². The fourth-order valence-corrected chi connectivity index (χ4v) is 2.83. The van der Waals surface area contributed by atoms with Gasteiger partial charge in [-0.1, -0.05) is 6.42 Å². The number of hydrogen-bond donors (Lipinski definition) is 2. The van der Waals surface area contributed by atoms with Gasteiger partial charge in [0.05, 0.1) is 4.92 Å². The molecule has 0 spiro atoms. The molecule has 1 aliphatic rings. The highest BCUT2D eigenvalue weighted by Crippen LogP contribution is 2.29. The smallest absolute Gasteiger partial charge is 0.321 e. The van der Waals surface area contributed by atoms with Crippen LogP contribution in [0, 0.1) is 16.0 Å². The zero-order valence-corrected chi connectivity index (χ0v) is 12.0. The maximum Gasteiger partial charge on any atom is 0.321 e. The number of carbonyl (C=O) groups is 1. The summed E-state index contributed by atoms with van der Waals surface area (Å²) in [5, 5.41) is 13.3. The van der Waals surface area contributed by atoms with Crippen LogP contribution >= 0.6 is 0 Å². The maximum absolute atomic E-state index is 12.2. The minimum atomic E-state index is -0.470. The van der Waals surface area contributed by atoms with Gasteiger partial charge in [0.25, 0.3) is 5.69 Å². The van der Waals surface area contributed by atoms with Crippen molar-refractivity contribution in [1.29, 1.82) is 0 Å². The summed E-state index contributed by atoms with van der Waals surface area (Å²) in [5.41, 5.74) is 6.28. The Hall–Kier alpha value is -2.15. The first-order valence-electron chi connectivity index (χ1n) is 7.01. The van der Waals surface area contributed by atoms with E-state index in [1.807, 2.05) is 0 Å². The Bertz CT molecular complexity index is 517. The Labute approximate surface area is 123 Å². The summed E-state index contributed by atoms with van der Waals surface area (Å²) in [6.07, 6.45) is 3.10. The van der Waals surface area contributed by atoms with Crippen LogP contribution < -0.4 is 11.1 Å². The van der Waals surface area contributed by atoms with Crippen LogP contribution in [0.3, 0.4) is 0 Å². The third kappa shape index (κ3) is 3.49. The number of non-ortho nitro benzene ring substituents is 1. The first-order valence-corrected chi connectivity index (χ1v) is 7.01. The first-order chi connectivity index (χ1) is 10.0. The molecule has 1 aliphatic carbocycles. The highest BCUT2D eigenvalue weighted by molar-refractivity contribution is 5.89. The predicted molar refractivity (Wildman–Crippen MR) is 80.1 cm³/mol. The lowest BCUT2D eigenvalue weighted by Crippen LogP contribution is -2.43. The number of benzene rings is 1. The van der Waals surface area contributed by atoms with E-state index in [4.69, 9.17) is 5.73 Å². The average Bonchev–Trinajstić information content (AvgIpc) is 2.95. The molecule has 0 aliphatic heterocycles. The third-order valence-electron chi connectivity index (χ3n) is 4.07. The van der Waals surface area contributed by atoms with Crippen LogP contribution in [0.4, 0.5) is 16.2 Å². The molecule has 3 N–H and O–H groups in total. The third-order valence-corrected chi connectivity index (χ3v) is 4.07. The second-order valence-electron chi connectivity index (χ2n) is 5.34. The van der Waals surface area contributed by atoms with Crippen LogP contribution in [0.5, 0.6) is 0 Å². The molecule has 0 saturated heterocycles. The van der Waals surface area contributed by atoms with E-state index in [9.17, 15) is 14.9 Å². The minimum Gasteiger partial charge on any atom is -0.330 e. The molecular weight excluding hydrogens is 272 g/mol. The van der Waals surface area contributed by atoms with Crippen LogP contribution in [0.25, 0.3) is 0 Å². The molecule has 2 unspecified atom stereocenters. The van der Waals surface area contributed by atoms with Crippen molar-refractivity contribution in [3.8, 4) is 0 Å². The van der Waals surface area contributed by atoms with Crippen LogP contribution in [0.2, 0.25) is 0 Å². The lowest BCUT2D eigenvalue weighted by Gasteiger charge is -2.29. The fraction of sp³-hybridized carbons (Fsp3) is 0.500. The number of carbonyl (C=O) groups excluding carboxylic acids is 1. The molecule has 2 amide bonds. The molecule has 0 bridgehead atoms. The van der Waals surface area contributed by atoms with Crippen molar-refractivity contribution in [1.82, 2.24) is 4.90 Å². The van der Waals surface area contributed by atoms with Crippen LogP contribution in [0.1, 0.15) is 19.3 Å². The van der Waals surface area contributed by atoms with Gasteiger partial charge in [0.2, 0.25) is 0 Å². The van der Waals surface area contributed by atoms with Crippen molar-refractivity contribution < 1.29 is 9.72 Å². The highest BCUT2D eigenvalue weighted by Gasteiger charge is 2.31. The SMILES string of the molecule is CN(C(=O)Nc1ccc([N+](=O)[O-])cc1)C1CCCC1CN. The van der Waals surface area contributed by atoms with E-state index in [2.05, 4.69) is 5.32 Å². The van der Waals surface area contributed by atoms with E-state index in [-0.39, 0.29) is 17.8 Å². The van der Waals surface area contributed by atoms with Gasteiger partial charge in [0, 0.05) is 30.9 Å². The summed E-state index contributed by atoms with van der Waals surface area (Å²) in [7, 11) is 1.76. The lowest BCUT2D eigenvalue weighted by atomic mass is 10.0. The number of nitro benzene ring substituents is 1. The van der Waals surface area contributed by atoms with Gasteiger partial charge in [-0.3, -0.25) is 10.1 Å². The highest BCUT2D eigenvalue weighted by atomic mass is 16.6. The van der Waals surface area contributed by atoms with Gasteiger partial charge in [0.15, 0.2) is 0 Å². The normalized spacial score (nSPS) is 21.0. The molecular formula is C14H20N4O3. The number of hydrogen-bond acceptors (Lipinski definition) is 4. The number of nitrogens with two attached hydrogens (primary N) is 1. The van der Waals surface area contributed by atoms with Crippen molar-refractivity contribution in [2.45, 2.75) is 25.3 Å². The van der Waals surface area contributed by atoms with Gasteiger partial charge in [-0.2, -0.15) is 0 Å². The summed E-state index contributed by atoms with van der Waals surface area (Å²) in [6, 6.07) is 5.74. The van der Waals surface area contributed by atoms with E-state index in [0.29, 0.717) is 18.2 Å². The summed E-state index contributed by atoms with van der Waals surface area (Å²) in [4.78, 5) is 24.0. The van der Waals surface area contributed by atoms with E-state index < -0.39 is 4.92 Å². The van der Waals surface area contributed by atoms with Crippen LogP contribution in [-0.4, -0.2) is 35.5 Å². The van der Waals surface area contributed by atoms with Crippen LogP contribution in [-0.2, 0) is 0 Å². The topological polar surface area (TPSA) is 102 Å². The quantitative estimate of drug-likeness (QED) is 0.656.